The van der Waals surface area contributed by atoms with Crippen LogP contribution in [0.4, 0.5) is 0 Å². The van der Waals surface area contributed by atoms with Crippen molar-refractivity contribution in [3.63, 3.8) is 0 Å². The van der Waals surface area contributed by atoms with Crippen LogP contribution in [0.15, 0.2) is 53.4 Å². The van der Waals surface area contributed by atoms with E-state index in [0.717, 1.165) is 9.87 Å². The number of ether oxygens (including phenoxy) is 1. The van der Waals surface area contributed by atoms with E-state index in [1.54, 1.807) is 18.2 Å². The van der Waals surface area contributed by atoms with Gasteiger partial charge in [-0.25, -0.2) is 12.7 Å². The predicted molar refractivity (Wildman–Crippen MR) is 120 cm³/mol. The van der Waals surface area contributed by atoms with E-state index in [1.165, 1.54) is 38.9 Å². The van der Waals surface area contributed by atoms with Gasteiger partial charge in [0.05, 0.1) is 7.11 Å². The van der Waals surface area contributed by atoms with Crippen LogP contribution in [0.1, 0.15) is 30.5 Å². The van der Waals surface area contributed by atoms with E-state index in [9.17, 15) is 13.2 Å². The summed E-state index contributed by atoms with van der Waals surface area (Å²) in [6, 6.07) is 13.0. The Hall–Kier alpha value is -2.64. The number of rotatable bonds is 8. The largest absolute Gasteiger partial charge is 0.495 e. The van der Waals surface area contributed by atoms with Gasteiger partial charge in [0.2, 0.25) is 15.9 Å². The van der Waals surface area contributed by atoms with Gasteiger partial charge in [0.25, 0.3) is 0 Å². The zero-order valence-electron chi connectivity index (χ0n) is 18.4. The Morgan fingerprint density at radius 1 is 1.13 bits per heavy atom. The molecule has 0 aromatic heterocycles. The fraction of sp³-hybridized carbons (Fsp3) is 0.348. The highest BCUT2D eigenvalue weighted by Gasteiger charge is 2.23. The van der Waals surface area contributed by atoms with E-state index in [0.29, 0.717) is 12.1 Å². The Labute approximate surface area is 179 Å². The van der Waals surface area contributed by atoms with Crippen molar-refractivity contribution in [2.45, 2.75) is 31.1 Å². The summed E-state index contributed by atoms with van der Waals surface area (Å²) in [5, 5.41) is 2.92. The monoisotopic (exact) mass is 430 g/mol. The van der Waals surface area contributed by atoms with Crippen LogP contribution in [0.3, 0.4) is 0 Å². The number of hydrogen-bond acceptors (Lipinski definition) is 4. The molecule has 1 N–H and O–H groups in total. The molecule has 6 nitrogen and oxygen atoms in total. The number of nitrogens with one attached hydrogen (secondary N) is 1. The van der Waals surface area contributed by atoms with E-state index in [2.05, 4.69) is 43.4 Å². The van der Waals surface area contributed by atoms with Gasteiger partial charge in [0.1, 0.15) is 10.6 Å². The number of hydrogen-bond donors (Lipinski definition) is 1. The Morgan fingerprint density at radius 2 is 1.77 bits per heavy atom. The fourth-order valence-corrected chi connectivity index (χ4v) is 3.92. The molecule has 0 saturated heterocycles. The van der Waals surface area contributed by atoms with E-state index >= 15 is 0 Å². The van der Waals surface area contributed by atoms with Gasteiger partial charge in [-0.2, -0.15) is 0 Å². The van der Waals surface area contributed by atoms with Crippen molar-refractivity contribution in [1.82, 2.24) is 9.62 Å². The van der Waals surface area contributed by atoms with Crippen LogP contribution in [0.5, 0.6) is 5.75 Å². The molecule has 0 aliphatic rings. The van der Waals surface area contributed by atoms with Crippen LogP contribution in [0.25, 0.3) is 6.08 Å². The normalized spacial score (nSPS) is 12.4. The first-order chi connectivity index (χ1) is 14.0. The molecule has 0 saturated carbocycles. The SMILES string of the molecule is COc1ccc(/C=C/C(=O)NCC(C)(C)c2ccc(C)cc2)cc1S(=O)(=O)N(C)C. The van der Waals surface area contributed by atoms with Crippen LogP contribution < -0.4 is 10.1 Å². The molecule has 0 heterocycles. The molecule has 30 heavy (non-hydrogen) atoms. The fourth-order valence-electron chi connectivity index (χ4n) is 2.84. The highest BCUT2D eigenvalue weighted by Crippen LogP contribution is 2.27. The molecule has 0 radical (unpaired) electrons. The second-order valence-electron chi connectivity index (χ2n) is 8.00. The standard InChI is InChI=1S/C23H30N2O4S/c1-17-7-11-19(12-8-17)23(2,3)16-24-22(26)14-10-18-9-13-20(29-6)21(15-18)30(27,28)25(4)5/h7-15H,16H2,1-6H3,(H,24,26)/b14-10+. The topological polar surface area (TPSA) is 75.7 Å². The third-order valence-electron chi connectivity index (χ3n) is 4.91. The summed E-state index contributed by atoms with van der Waals surface area (Å²) in [4.78, 5) is 12.4. The van der Waals surface area contributed by atoms with Gasteiger partial charge in [-0.1, -0.05) is 49.7 Å². The quantitative estimate of drug-likeness (QED) is 0.652. The summed E-state index contributed by atoms with van der Waals surface area (Å²) in [5.41, 5.74) is 2.71. The summed E-state index contributed by atoms with van der Waals surface area (Å²) in [5.74, 6) is 0.00757. The average Bonchev–Trinajstić information content (AvgIpc) is 2.70. The van der Waals surface area contributed by atoms with Gasteiger partial charge >= 0.3 is 0 Å². The number of aryl methyl sites for hydroxylation is 1. The maximum atomic E-state index is 12.5. The van der Waals surface area contributed by atoms with Crippen molar-refractivity contribution in [1.29, 1.82) is 0 Å². The number of sulfonamides is 1. The van der Waals surface area contributed by atoms with Crippen LogP contribution in [-0.4, -0.2) is 46.4 Å². The minimum Gasteiger partial charge on any atom is -0.495 e. The molecule has 0 unspecified atom stereocenters. The minimum absolute atomic E-state index is 0.0538. The van der Waals surface area contributed by atoms with Crippen LogP contribution >= 0.6 is 0 Å². The summed E-state index contributed by atoms with van der Waals surface area (Å²) in [6.07, 6.45) is 2.99. The minimum atomic E-state index is -3.67. The summed E-state index contributed by atoms with van der Waals surface area (Å²) < 4.78 is 31.3. The number of benzene rings is 2. The number of methoxy groups -OCH3 is 1. The second-order valence-corrected chi connectivity index (χ2v) is 10.1. The van der Waals surface area contributed by atoms with Gasteiger partial charge in [0.15, 0.2) is 0 Å². The number of carbonyl (C=O) groups is 1. The highest BCUT2D eigenvalue weighted by atomic mass is 32.2. The zero-order chi connectivity index (χ0) is 22.5. The summed E-state index contributed by atoms with van der Waals surface area (Å²) in [7, 11) is 0.667. The molecule has 1 amide bonds. The second kappa shape index (κ2) is 9.45. The van der Waals surface area contributed by atoms with E-state index in [1.807, 2.05) is 6.92 Å². The van der Waals surface area contributed by atoms with Crippen molar-refractivity contribution in [2.24, 2.45) is 0 Å². The van der Waals surface area contributed by atoms with Crippen molar-refractivity contribution in [3.8, 4) is 5.75 Å². The maximum Gasteiger partial charge on any atom is 0.246 e. The van der Waals surface area contributed by atoms with E-state index < -0.39 is 10.0 Å². The molecule has 0 aliphatic carbocycles. The van der Waals surface area contributed by atoms with Gasteiger partial charge < -0.3 is 10.1 Å². The molecule has 2 rings (SSSR count). The summed E-state index contributed by atoms with van der Waals surface area (Å²) >= 11 is 0. The molecule has 2 aromatic rings. The molecule has 0 aliphatic heterocycles. The molecular weight excluding hydrogens is 400 g/mol. The smallest absolute Gasteiger partial charge is 0.246 e. The van der Waals surface area contributed by atoms with Crippen LogP contribution in [-0.2, 0) is 20.2 Å². The molecule has 7 heteroatoms. The third kappa shape index (κ3) is 5.70. The lowest BCUT2D eigenvalue weighted by Gasteiger charge is -2.25. The lowest BCUT2D eigenvalue weighted by Crippen LogP contribution is -2.35. The van der Waals surface area contributed by atoms with E-state index in [-0.39, 0.29) is 22.0 Å². The Kier molecular flexibility index (Phi) is 7.44. The first-order valence-electron chi connectivity index (χ1n) is 9.61. The van der Waals surface area contributed by atoms with Gasteiger partial charge in [0, 0.05) is 32.1 Å². The Bertz CT molecular complexity index is 1020. The van der Waals surface area contributed by atoms with Crippen molar-refractivity contribution in [3.05, 3.63) is 65.2 Å². The molecule has 2 aromatic carbocycles. The first kappa shape index (κ1) is 23.6. The van der Waals surface area contributed by atoms with Crippen molar-refractivity contribution in [2.75, 3.05) is 27.7 Å². The lowest BCUT2D eigenvalue weighted by atomic mass is 9.84. The first-order valence-corrected chi connectivity index (χ1v) is 11.0. The van der Waals surface area contributed by atoms with Gasteiger partial charge in [-0.3, -0.25) is 4.79 Å². The van der Waals surface area contributed by atoms with Crippen LogP contribution in [0, 0.1) is 6.92 Å². The molecule has 0 fully saturated rings. The van der Waals surface area contributed by atoms with Crippen molar-refractivity contribution >= 4 is 22.0 Å². The molecule has 0 bridgehead atoms. The molecule has 0 spiro atoms. The highest BCUT2D eigenvalue weighted by molar-refractivity contribution is 7.89. The molecule has 0 atom stereocenters. The third-order valence-corrected chi connectivity index (χ3v) is 6.75. The molecule has 162 valence electrons. The Balaban J connectivity index is 2.12. The zero-order valence-corrected chi connectivity index (χ0v) is 19.2. The number of amides is 1. The van der Waals surface area contributed by atoms with Gasteiger partial charge in [-0.05, 0) is 36.3 Å². The molecular formula is C23H30N2O4S. The maximum absolute atomic E-state index is 12.5. The predicted octanol–water partition coefficient (Wildman–Crippen LogP) is 3.36. The van der Waals surface area contributed by atoms with Gasteiger partial charge in [-0.15, -0.1) is 0 Å². The van der Waals surface area contributed by atoms with Crippen LogP contribution in [0.2, 0.25) is 0 Å². The average molecular weight is 431 g/mol. The summed E-state index contributed by atoms with van der Waals surface area (Å²) in [6.45, 7) is 6.66. The van der Waals surface area contributed by atoms with Crippen molar-refractivity contribution < 1.29 is 17.9 Å². The lowest BCUT2D eigenvalue weighted by molar-refractivity contribution is -0.116. The van der Waals surface area contributed by atoms with E-state index in [4.69, 9.17) is 4.74 Å². The number of carbonyl (C=O) groups excluding carboxylic acids is 1. The Morgan fingerprint density at radius 3 is 2.33 bits per heavy atom. The number of nitrogens with zero attached hydrogens (tertiary/aromatic N) is 1.